The summed E-state index contributed by atoms with van der Waals surface area (Å²) in [4.78, 5) is 27.9. The Morgan fingerprint density at radius 1 is 0.977 bits per heavy atom. The van der Waals surface area contributed by atoms with Crippen molar-refractivity contribution in [2.24, 2.45) is 0 Å². The summed E-state index contributed by atoms with van der Waals surface area (Å²) in [6.07, 6.45) is 0.605. The lowest BCUT2D eigenvalue weighted by molar-refractivity contribution is -0.129. The zero-order valence-corrected chi connectivity index (χ0v) is 26.4. The number of nitrogens with zero attached hydrogens (tertiary/aromatic N) is 1. The predicted octanol–water partition coefficient (Wildman–Crippen LogP) is 2.36. The van der Waals surface area contributed by atoms with Crippen LogP contribution in [0.25, 0.3) is 0 Å². The SMILES string of the molecule is CCCCS(=O)(=O)C[C@@H](NC(=O)CCN(C)C)C(=O)N[C@@H](Cc1cc(F)cc(F)c1)[C@H](O)CNCc1cccc(CC)c1. The van der Waals surface area contributed by atoms with Gasteiger partial charge in [0.05, 0.1) is 23.7 Å². The number of aryl methyl sites for hydroxylation is 1. The summed E-state index contributed by atoms with van der Waals surface area (Å²) >= 11 is 0. The minimum absolute atomic E-state index is 0.0216. The summed E-state index contributed by atoms with van der Waals surface area (Å²) in [6.45, 7) is 4.74. The van der Waals surface area contributed by atoms with E-state index in [0.29, 0.717) is 25.9 Å². The van der Waals surface area contributed by atoms with E-state index in [0.717, 1.165) is 35.7 Å². The largest absolute Gasteiger partial charge is 0.390 e. The Kier molecular flexibility index (Phi) is 15.2. The van der Waals surface area contributed by atoms with Gasteiger partial charge in [0.15, 0.2) is 9.84 Å². The third-order valence-corrected chi connectivity index (χ3v) is 8.67. The standard InChI is InChI=1S/C31H46F2N4O5S/c1-5-7-13-43(41,42)21-28(35-30(39)11-12-37(3)4)31(40)36-27(17-24-15-25(32)18-26(33)16-24)29(38)20-34-19-23-10-8-9-22(6-2)14-23/h8-10,14-16,18,27-29,34,38H,5-7,11-13,17,19-21H2,1-4H3,(H,35,39)(H,36,40)/t27-,28+,29+/m0/s1. The molecule has 12 heteroatoms. The van der Waals surface area contributed by atoms with Crippen LogP contribution in [0, 0.1) is 11.6 Å². The first-order valence-electron chi connectivity index (χ1n) is 14.7. The summed E-state index contributed by atoms with van der Waals surface area (Å²) in [6, 6.07) is 8.40. The fourth-order valence-electron chi connectivity index (χ4n) is 4.49. The number of carbonyl (C=O) groups is 2. The lowest BCUT2D eigenvalue weighted by atomic mass is 10.00. The quantitative estimate of drug-likeness (QED) is 0.189. The minimum Gasteiger partial charge on any atom is -0.390 e. The Morgan fingerprint density at radius 2 is 1.65 bits per heavy atom. The number of benzene rings is 2. The smallest absolute Gasteiger partial charge is 0.243 e. The molecule has 2 aromatic rings. The van der Waals surface area contributed by atoms with Crippen molar-refractivity contribution in [3.63, 3.8) is 0 Å². The molecule has 0 aliphatic carbocycles. The molecular formula is C31H46F2N4O5S. The highest BCUT2D eigenvalue weighted by atomic mass is 32.2. The first-order chi connectivity index (χ1) is 20.3. The van der Waals surface area contributed by atoms with Crippen LogP contribution in [-0.2, 0) is 38.8 Å². The highest BCUT2D eigenvalue weighted by molar-refractivity contribution is 7.91. The molecule has 2 amide bonds. The monoisotopic (exact) mass is 624 g/mol. The van der Waals surface area contributed by atoms with Gasteiger partial charge in [0.2, 0.25) is 11.8 Å². The molecule has 0 spiro atoms. The minimum atomic E-state index is -3.70. The molecule has 0 radical (unpaired) electrons. The zero-order chi connectivity index (χ0) is 32.0. The Bertz CT molecular complexity index is 1270. The topological polar surface area (TPSA) is 128 Å². The molecule has 0 fully saturated rings. The van der Waals surface area contributed by atoms with Gasteiger partial charge in [-0.05, 0) is 62.2 Å². The molecular weight excluding hydrogens is 578 g/mol. The maximum Gasteiger partial charge on any atom is 0.243 e. The molecule has 43 heavy (non-hydrogen) atoms. The van der Waals surface area contributed by atoms with Gasteiger partial charge in [0.25, 0.3) is 0 Å². The highest BCUT2D eigenvalue weighted by Gasteiger charge is 2.30. The molecule has 0 saturated carbocycles. The van der Waals surface area contributed by atoms with Crippen LogP contribution in [0.1, 0.15) is 49.8 Å². The van der Waals surface area contributed by atoms with Gasteiger partial charge in [-0.2, -0.15) is 0 Å². The van der Waals surface area contributed by atoms with E-state index in [1.54, 1.807) is 19.0 Å². The van der Waals surface area contributed by atoms with Crippen LogP contribution in [0.3, 0.4) is 0 Å². The number of carbonyl (C=O) groups excluding carboxylic acids is 2. The van der Waals surface area contributed by atoms with Crippen molar-refractivity contribution in [2.75, 3.05) is 38.7 Å². The number of aliphatic hydroxyl groups is 1. The van der Waals surface area contributed by atoms with Gasteiger partial charge in [-0.25, -0.2) is 17.2 Å². The van der Waals surface area contributed by atoms with E-state index in [1.165, 1.54) is 0 Å². The van der Waals surface area contributed by atoms with Crippen LogP contribution in [0.5, 0.6) is 0 Å². The molecule has 0 unspecified atom stereocenters. The number of amides is 2. The van der Waals surface area contributed by atoms with Crippen molar-refractivity contribution >= 4 is 21.7 Å². The molecule has 0 bridgehead atoms. The third kappa shape index (κ3) is 13.9. The van der Waals surface area contributed by atoms with E-state index in [1.807, 2.05) is 38.1 Å². The number of rotatable bonds is 19. The summed E-state index contributed by atoms with van der Waals surface area (Å²) in [5, 5.41) is 19.5. The van der Waals surface area contributed by atoms with Gasteiger partial charge in [0, 0.05) is 32.1 Å². The number of aliphatic hydroxyl groups excluding tert-OH is 1. The molecule has 0 aliphatic rings. The van der Waals surface area contributed by atoms with Crippen LogP contribution in [-0.4, -0.2) is 87.1 Å². The van der Waals surface area contributed by atoms with E-state index in [2.05, 4.69) is 16.0 Å². The normalized spacial score (nSPS) is 13.9. The fraction of sp³-hybridized carbons (Fsp3) is 0.548. The number of halogens is 2. The number of nitrogens with one attached hydrogen (secondary N) is 3. The van der Waals surface area contributed by atoms with Crippen molar-refractivity contribution in [1.29, 1.82) is 0 Å². The molecule has 2 rings (SSSR count). The predicted molar refractivity (Wildman–Crippen MR) is 164 cm³/mol. The van der Waals surface area contributed by atoms with Crippen LogP contribution < -0.4 is 16.0 Å². The van der Waals surface area contributed by atoms with Crippen molar-refractivity contribution in [2.45, 2.75) is 70.7 Å². The first-order valence-corrected chi connectivity index (χ1v) is 16.5. The Balaban J connectivity index is 2.25. The Labute approximate surface area is 254 Å². The molecule has 0 saturated heterocycles. The Morgan fingerprint density at radius 3 is 2.28 bits per heavy atom. The average Bonchev–Trinajstić information content (AvgIpc) is 2.93. The Hall–Kier alpha value is -2.93. The second-order valence-electron chi connectivity index (χ2n) is 11.1. The van der Waals surface area contributed by atoms with Gasteiger partial charge in [0.1, 0.15) is 17.7 Å². The molecule has 2 aromatic carbocycles. The molecule has 3 atom stereocenters. The van der Waals surface area contributed by atoms with Crippen molar-refractivity contribution in [1.82, 2.24) is 20.9 Å². The second kappa shape index (κ2) is 18.0. The summed E-state index contributed by atoms with van der Waals surface area (Å²) in [5.74, 6) is -3.68. The average molecular weight is 625 g/mol. The lowest BCUT2D eigenvalue weighted by Crippen LogP contribution is -2.56. The summed E-state index contributed by atoms with van der Waals surface area (Å²) in [7, 11) is -0.141. The van der Waals surface area contributed by atoms with Gasteiger partial charge < -0.3 is 26.0 Å². The molecule has 0 heterocycles. The third-order valence-electron chi connectivity index (χ3n) is 6.92. The zero-order valence-electron chi connectivity index (χ0n) is 25.5. The van der Waals surface area contributed by atoms with Crippen LogP contribution in [0.2, 0.25) is 0 Å². The van der Waals surface area contributed by atoms with Gasteiger partial charge in [-0.15, -0.1) is 0 Å². The van der Waals surface area contributed by atoms with Crippen molar-refractivity contribution < 1.29 is 31.9 Å². The van der Waals surface area contributed by atoms with Crippen molar-refractivity contribution in [3.05, 3.63) is 70.8 Å². The number of unbranched alkanes of at least 4 members (excludes halogenated alkanes) is 1. The fourth-order valence-corrected chi connectivity index (χ4v) is 6.13. The van der Waals surface area contributed by atoms with E-state index in [9.17, 15) is 31.9 Å². The van der Waals surface area contributed by atoms with Crippen molar-refractivity contribution in [3.8, 4) is 0 Å². The summed E-state index contributed by atoms with van der Waals surface area (Å²) < 4.78 is 53.5. The van der Waals surface area contributed by atoms with E-state index >= 15 is 0 Å². The summed E-state index contributed by atoms with van der Waals surface area (Å²) in [5.41, 5.74) is 2.35. The van der Waals surface area contributed by atoms with Crippen LogP contribution in [0.4, 0.5) is 8.78 Å². The number of hydrogen-bond donors (Lipinski definition) is 4. The van der Waals surface area contributed by atoms with Crippen LogP contribution in [0.15, 0.2) is 42.5 Å². The first kappa shape index (κ1) is 36.3. The van der Waals surface area contributed by atoms with E-state index in [4.69, 9.17) is 0 Å². The lowest BCUT2D eigenvalue weighted by Gasteiger charge is -2.27. The van der Waals surface area contributed by atoms with Crippen LogP contribution >= 0.6 is 0 Å². The maximum absolute atomic E-state index is 14.0. The molecule has 4 N–H and O–H groups in total. The van der Waals surface area contributed by atoms with Gasteiger partial charge >= 0.3 is 0 Å². The number of sulfone groups is 1. The van der Waals surface area contributed by atoms with E-state index < -0.39 is 57.2 Å². The molecule has 0 aromatic heterocycles. The maximum atomic E-state index is 14.0. The van der Waals surface area contributed by atoms with E-state index in [-0.39, 0.29) is 30.7 Å². The number of hydrogen-bond acceptors (Lipinski definition) is 7. The second-order valence-corrected chi connectivity index (χ2v) is 13.3. The highest BCUT2D eigenvalue weighted by Crippen LogP contribution is 2.13. The molecule has 0 aliphatic heterocycles. The van der Waals surface area contributed by atoms with Gasteiger partial charge in [-0.3, -0.25) is 9.59 Å². The van der Waals surface area contributed by atoms with Gasteiger partial charge in [-0.1, -0.05) is 44.5 Å². The molecule has 9 nitrogen and oxygen atoms in total. The molecule has 240 valence electrons.